The molecule has 1 aliphatic rings. The van der Waals surface area contributed by atoms with Crippen molar-refractivity contribution in [1.82, 2.24) is 0 Å². The maximum Gasteiger partial charge on any atom is 0.302 e. The van der Waals surface area contributed by atoms with E-state index in [0.717, 1.165) is 19.4 Å². The zero-order valence-corrected chi connectivity index (χ0v) is 8.63. The quantitative estimate of drug-likeness (QED) is 0.616. The van der Waals surface area contributed by atoms with Gasteiger partial charge in [0.2, 0.25) is 0 Å². The normalized spacial score (nSPS) is 34.2. The number of hydrogen-bond donors (Lipinski definition) is 0. The van der Waals surface area contributed by atoms with Crippen LogP contribution in [-0.2, 0) is 14.3 Å². The predicted octanol–water partition coefficient (Wildman–Crippen LogP) is 1.75. The Morgan fingerprint density at radius 3 is 2.85 bits per heavy atom. The lowest BCUT2D eigenvalue weighted by Crippen LogP contribution is -2.40. The van der Waals surface area contributed by atoms with Crippen molar-refractivity contribution >= 4 is 5.97 Å². The van der Waals surface area contributed by atoms with E-state index < -0.39 is 0 Å². The van der Waals surface area contributed by atoms with Crippen molar-refractivity contribution in [2.45, 2.75) is 39.2 Å². The van der Waals surface area contributed by atoms with Gasteiger partial charge in [-0.05, 0) is 25.7 Å². The molecule has 0 amide bonds. The van der Waals surface area contributed by atoms with Crippen LogP contribution in [0.1, 0.15) is 33.6 Å². The molecule has 1 aliphatic heterocycles. The molecular formula is C10H18O3. The standard InChI is InChI=1S/C10H18O3/c1-8-4-5-10(3,13-6-8)7-12-9(2)11/h8H,4-7H2,1-3H3/t8-,10+/m1/s1. The molecule has 0 aromatic heterocycles. The zero-order valence-electron chi connectivity index (χ0n) is 8.63. The Labute approximate surface area is 79.4 Å². The highest BCUT2D eigenvalue weighted by molar-refractivity contribution is 5.65. The molecule has 0 aromatic carbocycles. The van der Waals surface area contributed by atoms with Gasteiger partial charge in [-0.2, -0.15) is 0 Å². The van der Waals surface area contributed by atoms with Gasteiger partial charge in [-0.15, -0.1) is 0 Å². The molecule has 0 unspecified atom stereocenters. The highest BCUT2D eigenvalue weighted by Crippen LogP contribution is 2.27. The topological polar surface area (TPSA) is 35.5 Å². The van der Waals surface area contributed by atoms with E-state index in [4.69, 9.17) is 9.47 Å². The van der Waals surface area contributed by atoms with Crippen molar-refractivity contribution in [1.29, 1.82) is 0 Å². The van der Waals surface area contributed by atoms with E-state index in [1.165, 1.54) is 6.92 Å². The molecular weight excluding hydrogens is 168 g/mol. The molecule has 0 bridgehead atoms. The first kappa shape index (κ1) is 10.5. The number of carbonyl (C=O) groups is 1. The molecule has 1 saturated heterocycles. The Kier molecular flexibility index (Phi) is 3.31. The summed E-state index contributed by atoms with van der Waals surface area (Å²) in [5.74, 6) is 0.397. The molecule has 1 fully saturated rings. The second-order valence-electron chi connectivity index (χ2n) is 4.19. The van der Waals surface area contributed by atoms with E-state index >= 15 is 0 Å². The molecule has 76 valence electrons. The number of esters is 1. The van der Waals surface area contributed by atoms with Crippen LogP contribution in [0.4, 0.5) is 0 Å². The minimum absolute atomic E-state index is 0.233. The van der Waals surface area contributed by atoms with Gasteiger partial charge in [0.05, 0.1) is 12.2 Å². The van der Waals surface area contributed by atoms with Gasteiger partial charge in [-0.1, -0.05) is 6.92 Å². The van der Waals surface area contributed by atoms with Crippen molar-refractivity contribution < 1.29 is 14.3 Å². The fourth-order valence-corrected chi connectivity index (χ4v) is 1.42. The molecule has 1 rings (SSSR count). The Balaban J connectivity index is 2.34. The van der Waals surface area contributed by atoms with Gasteiger partial charge in [-0.3, -0.25) is 4.79 Å². The van der Waals surface area contributed by atoms with Crippen LogP contribution in [0.15, 0.2) is 0 Å². The molecule has 3 nitrogen and oxygen atoms in total. The van der Waals surface area contributed by atoms with Gasteiger partial charge in [0.15, 0.2) is 0 Å². The second-order valence-corrected chi connectivity index (χ2v) is 4.19. The van der Waals surface area contributed by atoms with Crippen LogP contribution in [0.2, 0.25) is 0 Å². The summed E-state index contributed by atoms with van der Waals surface area (Å²) in [5, 5.41) is 0. The monoisotopic (exact) mass is 186 g/mol. The highest BCUT2D eigenvalue weighted by atomic mass is 16.6. The first-order valence-corrected chi connectivity index (χ1v) is 4.79. The van der Waals surface area contributed by atoms with Gasteiger partial charge in [0.25, 0.3) is 0 Å². The van der Waals surface area contributed by atoms with Crippen molar-refractivity contribution in [3.8, 4) is 0 Å². The van der Waals surface area contributed by atoms with E-state index in [0.29, 0.717) is 12.5 Å². The average Bonchev–Trinajstić information content (AvgIpc) is 2.08. The SMILES string of the molecule is CC(=O)OC[C@]1(C)CC[C@@H](C)CO1. The highest BCUT2D eigenvalue weighted by Gasteiger charge is 2.31. The van der Waals surface area contributed by atoms with Gasteiger partial charge in [-0.25, -0.2) is 0 Å². The number of rotatable bonds is 2. The van der Waals surface area contributed by atoms with Crippen molar-refractivity contribution in [2.75, 3.05) is 13.2 Å². The Hall–Kier alpha value is -0.570. The van der Waals surface area contributed by atoms with Gasteiger partial charge in [0.1, 0.15) is 6.61 Å². The van der Waals surface area contributed by atoms with E-state index in [2.05, 4.69) is 6.92 Å². The third-order valence-electron chi connectivity index (χ3n) is 2.46. The smallest absolute Gasteiger partial charge is 0.302 e. The minimum atomic E-state index is -0.252. The van der Waals surface area contributed by atoms with E-state index in [1.807, 2.05) is 6.92 Å². The summed E-state index contributed by atoms with van der Waals surface area (Å²) in [6, 6.07) is 0. The van der Waals surface area contributed by atoms with Crippen LogP contribution in [0.5, 0.6) is 0 Å². The first-order valence-electron chi connectivity index (χ1n) is 4.79. The lowest BCUT2D eigenvalue weighted by molar-refractivity contribution is -0.159. The molecule has 0 aromatic rings. The van der Waals surface area contributed by atoms with Gasteiger partial charge < -0.3 is 9.47 Å². The molecule has 0 radical (unpaired) electrons. The third kappa shape index (κ3) is 3.35. The average molecular weight is 186 g/mol. The summed E-state index contributed by atoms with van der Waals surface area (Å²) in [7, 11) is 0. The fraction of sp³-hybridized carbons (Fsp3) is 0.900. The summed E-state index contributed by atoms with van der Waals surface area (Å²) in [6.07, 6.45) is 2.12. The van der Waals surface area contributed by atoms with Crippen LogP contribution in [0.3, 0.4) is 0 Å². The van der Waals surface area contributed by atoms with Crippen LogP contribution >= 0.6 is 0 Å². The largest absolute Gasteiger partial charge is 0.463 e. The second kappa shape index (κ2) is 4.09. The number of hydrogen-bond acceptors (Lipinski definition) is 3. The van der Waals surface area contributed by atoms with Crippen LogP contribution < -0.4 is 0 Å². The fourth-order valence-electron chi connectivity index (χ4n) is 1.42. The van der Waals surface area contributed by atoms with Crippen molar-refractivity contribution in [3.63, 3.8) is 0 Å². The first-order chi connectivity index (χ1) is 6.02. The molecule has 0 N–H and O–H groups in total. The Bertz CT molecular complexity index is 181. The van der Waals surface area contributed by atoms with E-state index in [-0.39, 0.29) is 11.6 Å². The van der Waals surface area contributed by atoms with Gasteiger partial charge >= 0.3 is 5.97 Å². The zero-order chi connectivity index (χ0) is 9.90. The lowest BCUT2D eigenvalue weighted by atomic mass is 9.92. The number of carbonyl (C=O) groups excluding carboxylic acids is 1. The van der Waals surface area contributed by atoms with Crippen LogP contribution in [-0.4, -0.2) is 24.8 Å². The summed E-state index contributed by atoms with van der Waals surface area (Å²) >= 11 is 0. The maximum atomic E-state index is 10.6. The molecule has 2 atom stereocenters. The summed E-state index contributed by atoms with van der Waals surface area (Å²) in [4.78, 5) is 10.6. The van der Waals surface area contributed by atoms with Crippen molar-refractivity contribution in [3.05, 3.63) is 0 Å². The predicted molar refractivity (Wildman–Crippen MR) is 49.4 cm³/mol. The summed E-state index contributed by atoms with van der Waals surface area (Å²) in [5.41, 5.74) is -0.252. The minimum Gasteiger partial charge on any atom is -0.463 e. The maximum absolute atomic E-state index is 10.6. The molecule has 3 heteroatoms. The Morgan fingerprint density at radius 2 is 2.38 bits per heavy atom. The van der Waals surface area contributed by atoms with Crippen LogP contribution in [0, 0.1) is 5.92 Å². The van der Waals surface area contributed by atoms with E-state index in [1.54, 1.807) is 0 Å². The Morgan fingerprint density at radius 1 is 1.69 bits per heavy atom. The molecule has 13 heavy (non-hydrogen) atoms. The summed E-state index contributed by atoms with van der Waals surface area (Å²) < 4.78 is 10.6. The van der Waals surface area contributed by atoms with Crippen LogP contribution in [0.25, 0.3) is 0 Å². The molecule has 1 heterocycles. The number of ether oxygens (including phenoxy) is 2. The van der Waals surface area contributed by atoms with E-state index in [9.17, 15) is 4.79 Å². The summed E-state index contributed by atoms with van der Waals surface area (Å²) in [6.45, 7) is 6.76. The lowest BCUT2D eigenvalue weighted by Gasteiger charge is -2.35. The molecule has 0 aliphatic carbocycles. The molecule has 0 saturated carbocycles. The third-order valence-corrected chi connectivity index (χ3v) is 2.46. The van der Waals surface area contributed by atoms with Gasteiger partial charge in [0, 0.05) is 6.92 Å². The molecule has 0 spiro atoms. The van der Waals surface area contributed by atoms with Crippen molar-refractivity contribution in [2.24, 2.45) is 5.92 Å².